The average Bonchev–Trinajstić information content (AvgIpc) is 2.93. The molecule has 0 aromatic heterocycles. The molecule has 2 unspecified atom stereocenters. The Morgan fingerprint density at radius 3 is 2.70 bits per heavy atom. The van der Waals surface area contributed by atoms with E-state index >= 15 is 0 Å². The highest BCUT2D eigenvalue weighted by Crippen LogP contribution is 2.23. The van der Waals surface area contributed by atoms with Gasteiger partial charge in [-0.15, -0.1) is 0 Å². The van der Waals surface area contributed by atoms with Gasteiger partial charge in [-0.3, -0.25) is 4.79 Å². The second-order valence-electron chi connectivity index (χ2n) is 5.59. The fraction of sp³-hybridized carbons (Fsp3) is 0.471. The van der Waals surface area contributed by atoms with Crippen molar-refractivity contribution in [3.05, 3.63) is 42.0 Å². The fourth-order valence-electron chi connectivity index (χ4n) is 2.68. The van der Waals surface area contributed by atoms with Crippen LogP contribution < -0.4 is 10.6 Å². The van der Waals surface area contributed by atoms with Gasteiger partial charge in [-0.2, -0.15) is 0 Å². The van der Waals surface area contributed by atoms with Crippen LogP contribution in [0.15, 0.2) is 36.4 Å². The first kappa shape index (κ1) is 14.6. The highest BCUT2D eigenvalue weighted by atomic mass is 16.1. The molecule has 0 saturated heterocycles. The summed E-state index contributed by atoms with van der Waals surface area (Å²) in [6.07, 6.45) is 8.76. The lowest BCUT2D eigenvalue weighted by molar-refractivity contribution is -0.119. The van der Waals surface area contributed by atoms with Crippen LogP contribution in [-0.4, -0.2) is 19.0 Å². The fourth-order valence-corrected chi connectivity index (χ4v) is 2.68. The minimum absolute atomic E-state index is 0.0482. The van der Waals surface area contributed by atoms with Crippen LogP contribution in [0.5, 0.6) is 0 Å². The zero-order valence-electron chi connectivity index (χ0n) is 12.4. The van der Waals surface area contributed by atoms with E-state index in [9.17, 15) is 4.79 Å². The smallest absolute Gasteiger partial charge is 0.224 e. The third kappa shape index (κ3) is 4.41. The van der Waals surface area contributed by atoms with E-state index in [0.29, 0.717) is 12.5 Å². The van der Waals surface area contributed by atoms with Crippen molar-refractivity contribution in [1.82, 2.24) is 5.32 Å². The molecule has 0 saturated carbocycles. The number of likely N-dealkylation sites (N-methyl/N-ethyl adjacent to an activating group) is 1. The Hall–Kier alpha value is -1.77. The number of allylic oxidation sites excluding steroid dienone is 2. The summed E-state index contributed by atoms with van der Waals surface area (Å²) < 4.78 is 0. The molecule has 20 heavy (non-hydrogen) atoms. The molecule has 1 aromatic carbocycles. The molecule has 0 spiro atoms. The largest absolute Gasteiger partial charge is 0.383 e. The number of rotatable bonds is 6. The van der Waals surface area contributed by atoms with Gasteiger partial charge in [0.15, 0.2) is 0 Å². The third-order valence-corrected chi connectivity index (χ3v) is 3.78. The predicted molar refractivity (Wildman–Crippen MR) is 83.8 cm³/mol. The van der Waals surface area contributed by atoms with Crippen LogP contribution in [0.25, 0.3) is 0 Å². The maximum atomic E-state index is 11.3. The summed E-state index contributed by atoms with van der Waals surface area (Å²) in [6, 6.07) is 8.60. The zero-order chi connectivity index (χ0) is 14.4. The van der Waals surface area contributed by atoms with Crippen molar-refractivity contribution in [2.24, 2.45) is 5.92 Å². The molecule has 108 valence electrons. The van der Waals surface area contributed by atoms with Gasteiger partial charge in [0.25, 0.3) is 0 Å². The van der Waals surface area contributed by atoms with Crippen molar-refractivity contribution >= 4 is 11.6 Å². The van der Waals surface area contributed by atoms with Crippen LogP contribution >= 0.6 is 0 Å². The molecule has 3 nitrogen and oxygen atoms in total. The molecule has 0 aliphatic heterocycles. The minimum atomic E-state index is 0.0482. The summed E-state index contributed by atoms with van der Waals surface area (Å²) in [6.45, 7) is 2.23. The molecule has 1 aliphatic rings. The molecule has 1 amide bonds. The first-order valence-electron chi connectivity index (χ1n) is 7.40. The van der Waals surface area contributed by atoms with E-state index in [1.54, 1.807) is 7.05 Å². The van der Waals surface area contributed by atoms with Gasteiger partial charge in [-0.05, 0) is 49.8 Å². The maximum absolute atomic E-state index is 11.3. The number of anilines is 1. The zero-order valence-corrected chi connectivity index (χ0v) is 12.4. The molecular weight excluding hydrogens is 248 g/mol. The monoisotopic (exact) mass is 272 g/mol. The lowest BCUT2D eigenvalue weighted by Crippen LogP contribution is -2.20. The summed E-state index contributed by atoms with van der Waals surface area (Å²) in [5.74, 6) is 0.775. The van der Waals surface area contributed by atoms with Crippen LogP contribution in [0.4, 0.5) is 5.69 Å². The highest BCUT2D eigenvalue weighted by Gasteiger charge is 2.13. The quantitative estimate of drug-likeness (QED) is 0.781. The SMILES string of the molecule is CNC(=O)Cc1ccc(NC(C)CC2C=CCC2)cc1. The molecule has 2 rings (SSSR count). The highest BCUT2D eigenvalue weighted by molar-refractivity contribution is 5.78. The van der Waals surface area contributed by atoms with Crippen molar-refractivity contribution in [3.63, 3.8) is 0 Å². The number of nitrogens with one attached hydrogen (secondary N) is 2. The van der Waals surface area contributed by atoms with Gasteiger partial charge in [0.05, 0.1) is 6.42 Å². The van der Waals surface area contributed by atoms with Crippen LogP contribution in [0.2, 0.25) is 0 Å². The van der Waals surface area contributed by atoms with Gasteiger partial charge >= 0.3 is 0 Å². The van der Waals surface area contributed by atoms with Gasteiger partial charge in [0.1, 0.15) is 0 Å². The van der Waals surface area contributed by atoms with Crippen LogP contribution in [0, 0.1) is 5.92 Å². The summed E-state index contributed by atoms with van der Waals surface area (Å²) in [7, 11) is 1.66. The van der Waals surface area contributed by atoms with E-state index < -0.39 is 0 Å². The normalized spacial score (nSPS) is 18.8. The number of hydrogen-bond acceptors (Lipinski definition) is 2. The molecule has 3 heteroatoms. The molecule has 2 atom stereocenters. The van der Waals surface area contributed by atoms with E-state index in [2.05, 4.69) is 41.8 Å². The van der Waals surface area contributed by atoms with Gasteiger partial charge in [-0.1, -0.05) is 24.3 Å². The van der Waals surface area contributed by atoms with E-state index in [-0.39, 0.29) is 5.91 Å². The van der Waals surface area contributed by atoms with Gasteiger partial charge < -0.3 is 10.6 Å². The third-order valence-electron chi connectivity index (χ3n) is 3.78. The van der Waals surface area contributed by atoms with Gasteiger partial charge in [-0.25, -0.2) is 0 Å². The van der Waals surface area contributed by atoms with Gasteiger partial charge in [0.2, 0.25) is 5.91 Å². The van der Waals surface area contributed by atoms with E-state index in [1.807, 2.05) is 12.1 Å². The van der Waals surface area contributed by atoms with Gasteiger partial charge in [0, 0.05) is 18.8 Å². The predicted octanol–water partition coefficient (Wildman–Crippen LogP) is 3.13. The summed E-state index contributed by atoms with van der Waals surface area (Å²) >= 11 is 0. The Morgan fingerprint density at radius 2 is 2.10 bits per heavy atom. The Labute approximate surface area is 121 Å². The number of carbonyl (C=O) groups is 1. The summed E-state index contributed by atoms with van der Waals surface area (Å²) in [4.78, 5) is 11.3. The maximum Gasteiger partial charge on any atom is 0.224 e. The Morgan fingerprint density at radius 1 is 1.35 bits per heavy atom. The Kier molecular flexibility index (Phi) is 5.22. The molecule has 1 aromatic rings. The topological polar surface area (TPSA) is 41.1 Å². The van der Waals surface area contributed by atoms with Crippen LogP contribution in [0.3, 0.4) is 0 Å². The number of amides is 1. The second kappa shape index (κ2) is 7.13. The van der Waals surface area contributed by atoms with Crippen molar-refractivity contribution in [1.29, 1.82) is 0 Å². The second-order valence-corrected chi connectivity index (χ2v) is 5.59. The first-order chi connectivity index (χ1) is 9.67. The van der Waals surface area contributed by atoms with E-state index in [1.165, 1.54) is 19.3 Å². The first-order valence-corrected chi connectivity index (χ1v) is 7.40. The van der Waals surface area contributed by atoms with E-state index in [4.69, 9.17) is 0 Å². The van der Waals surface area contributed by atoms with Crippen LogP contribution in [-0.2, 0) is 11.2 Å². The van der Waals surface area contributed by atoms with Crippen molar-refractivity contribution in [2.45, 2.75) is 38.6 Å². The average molecular weight is 272 g/mol. The lowest BCUT2D eigenvalue weighted by atomic mass is 10.00. The molecular formula is C17H24N2O. The number of hydrogen-bond donors (Lipinski definition) is 2. The lowest BCUT2D eigenvalue weighted by Gasteiger charge is -2.18. The minimum Gasteiger partial charge on any atom is -0.383 e. The molecule has 2 N–H and O–H groups in total. The Bertz CT molecular complexity index is 464. The molecule has 0 radical (unpaired) electrons. The van der Waals surface area contributed by atoms with Crippen LogP contribution in [0.1, 0.15) is 31.7 Å². The number of carbonyl (C=O) groups excluding carboxylic acids is 1. The summed E-state index contributed by atoms with van der Waals surface area (Å²) in [5.41, 5.74) is 2.17. The van der Waals surface area contributed by atoms with Crippen molar-refractivity contribution < 1.29 is 4.79 Å². The molecule has 1 aliphatic carbocycles. The Balaban J connectivity index is 1.83. The van der Waals surface area contributed by atoms with Crippen molar-refractivity contribution in [2.75, 3.05) is 12.4 Å². The number of benzene rings is 1. The molecule has 0 bridgehead atoms. The molecule has 0 heterocycles. The summed E-state index contributed by atoms with van der Waals surface area (Å²) in [5, 5.41) is 6.17. The molecule has 0 fully saturated rings. The van der Waals surface area contributed by atoms with Crippen molar-refractivity contribution in [3.8, 4) is 0 Å². The van der Waals surface area contributed by atoms with E-state index in [0.717, 1.165) is 17.2 Å². The standard InChI is InChI=1S/C17H24N2O/c1-13(11-14-5-3-4-6-14)19-16-9-7-15(8-10-16)12-17(20)18-2/h3,5,7-10,13-14,19H,4,6,11-12H2,1-2H3,(H,18,20).